The molecule has 1 amide bonds. The van der Waals surface area contributed by atoms with E-state index in [4.69, 9.17) is 11.6 Å². The Labute approximate surface area is 118 Å². The van der Waals surface area contributed by atoms with Crippen LogP contribution in [-0.2, 0) is 11.3 Å². The monoisotopic (exact) mass is 299 g/mol. The fraction of sp³-hybridized carbons (Fsp3) is 0.273. The van der Waals surface area contributed by atoms with Gasteiger partial charge < -0.3 is 10.4 Å². The average Bonchev–Trinajstić information content (AvgIpc) is 2.92. The minimum absolute atomic E-state index is 0.0227. The number of halogens is 2. The predicted molar refractivity (Wildman–Crippen MR) is 67.2 cm³/mol. The van der Waals surface area contributed by atoms with Crippen LogP contribution >= 0.6 is 11.6 Å². The molecule has 1 aromatic carbocycles. The first-order chi connectivity index (χ1) is 9.60. The lowest BCUT2D eigenvalue weighted by Gasteiger charge is -2.17. The number of rotatable bonds is 5. The maximum atomic E-state index is 13.4. The first-order valence-electron chi connectivity index (χ1n) is 5.66. The van der Waals surface area contributed by atoms with E-state index < -0.39 is 17.8 Å². The Bertz CT molecular complexity index is 593. The van der Waals surface area contributed by atoms with Crippen LogP contribution in [0.25, 0.3) is 0 Å². The number of nitrogens with one attached hydrogen (secondary N) is 1. The molecule has 0 aliphatic carbocycles. The van der Waals surface area contributed by atoms with E-state index in [0.717, 1.165) is 0 Å². The standard InChI is InChI=1S/C11H11ClFN5O2/c12-8-2-1-7(3-9(8)13)10(5-19)15-11(20)4-18-6-14-16-17-18/h1-3,6,10,19H,4-5H2,(H,15,20). The summed E-state index contributed by atoms with van der Waals surface area (Å²) in [5.74, 6) is -1.02. The molecule has 2 aromatic rings. The molecule has 1 unspecified atom stereocenters. The van der Waals surface area contributed by atoms with Crippen LogP contribution in [0.4, 0.5) is 4.39 Å². The average molecular weight is 300 g/mol. The zero-order valence-electron chi connectivity index (χ0n) is 10.2. The summed E-state index contributed by atoms with van der Waals surface area (Å²) in [6.07, 6.45) is 1.29. The summed E-state index contributed by atoms with van der Waals surface area (Å²) >= 11 is 5.58. The minimum atomic E-state index is -0.731. The highest BCUT2D eigenvalue weighted by Crippen LogP contribution is 2.20. The van der Waals surface area contributed by atoms with Gasteiger partial charge in [-0.05, 0) is 28.1 Å². The summed E-state index contributed by atoms with van der Waals surface area (Å²) in [5, 5.41) is 22.2. The fourth-order valence-electron chi connectivity index (χ4n) is 1.60. The Kier molecular flexibility index (Phi) is 4.59. The van der Waals surface area contributed by atoms with Crippen molar-refractivity contribution >= 4 is 17.5 Å². The Balaban J connectivity index is 2.04. The molecule has 106 valence electrons. The Morgan fingerprint density at radius 3 is 2.95 bits per heavy atom. The Hall–Kier alpha value is -2.06. The van der Waals surface area contributed by atoms with Crippen molar-refractivity contribution in [3.8, 4) is 0 Å². The van der Waals surface area contributed by atoms with Crippen LogP contribution in [0.5, 0.6) is 0 Å². The van der Waals surface area contributed by atoms with Crippen molar-refractivity contribution < 1.29 is 14.3 Å². The van der Waals surface area contributed by atoms with E-state index in [1.54, 1.807) is 0 Å². The van der Waals surface area contributed by atoms with Gasteiger partial charge in [0.2, 0.25) is 5.91 Å². The highest BCUT2D eigenvalue weighted by molar-refractivity contribution is 6.30. The summed E-state index contributed by atoms with van der Waals surface area (Å²) in [6, 6.07) is 3.33. The lowest BCUT2D eigenvalue weighted by atomic mass is 10.1. The smallest absolute Gasteiger partial charge is 0.242 e. The molecule has 0 aliphatic rings. The van der Waals surface area contributed by atoms with E-state index in [0.29, 0.717) is 5.56 Å². The van der Waals surface area contributed by atoms with E-state index in [-0.39, 0.29) is 18.2 Å². The molecule has 1 heterocycles. The van der Waals surface area contributed by atoms with Crippen LogP contribution in [0.15, 0.2) is 24.5 Å². The molecule has 7 nitrogen and oxygen atoms in total. The molecule has 9 heteroatoms. The van der Waals surface area contributed by atoms with Crippen molar-refractivity contribution in [1.82, 2.24) is 25.5 Å². The first-order valence-corrected chi connectivity index (χ1v) is 6.04. The Morgan fingerprint density at radius 1 is 1.55 bits per heavy atom. The van der Waals surface area contributed by atoms with E-state index in [1.165, 1.54) is 29.2 Å². The fourth-order valence-corrected chi connectivity index (χ4v) is 1.72. The maximum absolute atomic E-state index is 13.4. The third-order valence-electron chi connectivity index (χ3n) is 2.56. The minimum Gasteiger partial charge on any atom is -0.394 e. The zero-order chi connectivity index (χ0) is 14.5. The van der Waals surface area contributed by atoms with Gasteiger partial charge in [0.1, 0.15) is 18.7 Å². The van der Waals surface area contributed by atoms with Crippen LogP contribution in [0, 0.1) is 5.82 Å². The lowest BCUT2D eigenvalue weighted by Crippen LogP contribution is -2.33. The number of tetrazole rings is 1. The second kappa shape index (κ2) is 6.40. The van der Waals surface area contributed by atoms with Gasteiger partial charge in [-0.25, -0.2) is 9.07 Å². The number of carbonyl (C=O) groups excluding carboxylic acids is 1. The number of hydrogen-bond donors (Lipinski definition) is 2. The molecule has 0 spiro atoms. The van der Waals surface area contributed by atoms with Crippen molar-refractivity contribution in [3.63, 3.8) is 0 Å². The topological polar surface area (TPSA) is 92.9 Å². The molecule has 2 N–H and O–H groups in total. The van der Waals surface area contributed by atoms with Crippen molar-refractivity contribution in [1.29, 1.82) is 0 Å². The van der Waals surface area contributed by atoms with Gasteiger partial charge in [-0.2, -0.15) is 0 Å². The van der Waals surface area contributed by atoms with E-state index in [1.807, 2.05) is 0 Å². The molecule has 0 saturated carbocycles. The number of benzene rings is 1. The van der Waals surface area contributed by atoms with Crippen molar-refractivity contribution in [2.24, 2.45) is 0 Å². The third-order valence-corrected chi connectivity index (χ3v) is 2.87. The van der Waals surface area contributed by atoms with Gasteiger partial charge >= 0.3 is 0 Å². The van der Waals surface area contributed by atoms with Gasteiger partial charge in [0.25, 0.3) is 0 Å². The quantitative estimate of drug-likeness (QED) is 0.829. The molecule has 1 aromatic heterocycles. The molecular weight excluding hydrogens is 289 g/mol. The summed E-state index contributed by atoms with van der Waals surface area (Å²) < 4.78 is 14.6. The van der Waals surface area contributed by atoms with Crippen LogP contribution in [-0.4, -0.2) is 37.8 Å². The van der Waals surface area contributed by atoms with Crippen molar-refractivity contribution in [2.45, 2.75) is 12.6 Å². The Morgan fingerprint density at radius 2 is 2.35 bits per heavy atom. The normalized spacial score (nSPS) is 12.2. The SMILES string of the molecule is O=C(Cn1cnnn1)NC(CO)c1ccc(Cl)c(F)c1. The number of carbonyl (C=O) groups is 1. The molecule has 20 heavy (non-hydrogen) atoms. The second-order valence-corrected chi connectivity index (χ2v) is 4.39. The molecule has 0 bridgehead atoms. The van der Waals surface area contributed by atoms with Gasteiger partial charge in [0.15, 0.2) is 0 Å². The van der Waals surface area contributed by atoms with Crippen LogP contribution in [0.2, 0.25) is 5.02 Å². The van der Waals surface area contributed by atoms with Crippen LogP contribution in [0.1, 0.15) is 11.6 Å². The third kappa shape index (κ3) is 3.49. The molecule has 1 atom stereocenters. The first kappa shape index (κ1) is 14.4. The number of aliphatic hydroxyl groups is 1. The molecule has 0 fully saturated rings. The van der Waals surface area contributed by atoms with Crippen molar-refractivity contribution in [2.75, 3.05) is 6.61 Å². The van der Waals surface area contributed by atoms with E-state index >= 15 is 0 Å². The lowest BCUT2D eigenvalue weighted by molar-refractivity contribution is -0.123. The number of aliphatic hydroxyl groups excluding tert-OH is 1. The molecular formula is C11H11ClFN5O2. The number of hydrogen-bond acceptors (Lipinski definition) is 5. The highest BCUT2D eigenvalue weighted by atomic mass is 35.5. The molecule has 0 radical (unpaired) electrons. The zero-order valence-corrected chi connectivity index (χ0v) is 11.0. The van der Waals surface area contributed by atoms with Gasteiger partial charge in [-0.15, -0.1) is 5.10 Å². The van der Waals surface area contributed by atoms with E-state index in [2.05, 4.69) is 20.8 Å². The summed E-state index contributed by atoms with van der Waals surface area (Å²) in [6.45, 7) is -0.470. The highest BCUT2D eigenvalue weighted by Gasteiger charge is 2.15. The van der Waals surface area contributed by atoms with Gasteiger partial charge in [0, 0.05) is 0 Å². The summed E-state index contributed by atoms with van der Waals surface area (Å²) in [7, 11) is 0. The molecule has 0 aliphatic heterocycles. The van der Waals surface area contributed by atoms with Gasteiger partial charge in [0.05, 0.1) is 17.7 Å². The second-order valence-electron chi connectivity index (χ2n) is 3.98. The van der Waals surface area contributed by atoms with Gasteiger partial charge in [-0.3, -0.25) is 4.79 Å². The maximum Gasteiger partial charge on any atom is 0.242 e. The molecule has 0 saturated heterocycles. The number of amides is 1. The van der Waals surface area contributed by atoms with Crippen LogP contribution < -0.4 is 5.32 Å². The largest absolute Gasteiger partial charge is 0.394 e. The summed E-state index contributed by atoms with van der Waals surface area (Å²) in [4.78, 5) is 11.7. The van der Waals surface area contributed by atoms with Crippen LogP contribution in [0.3, 0.4) is 0 Å². The number of nitrogens with zero attached hydrogens (tertiary/aromatic N) is 4. The molecule has 2 rings (SSSR count). The van der Waals surface area contributed by atoms with Gasteiger partial charge in [-0.1, -0.05) is 17.7 Å². The number of aromatic nitrogens is 4. The predicted octanol–water partition coefficient (Wildman–Crippen LogP) is 0.315. The summed E-state index contributed by atoms with van der Waals surface area (Å²) in [5.41, 5.74) is 0.416. The van der Waals surface area contributed by atoms with E-state index in [9.17, 15) is 14.3 Å². The van der Waals surface area contributed by atoms with Crippen molar-refractivity contribution in [3.05, 3.63) is 40.9 Å².